The summed E-state index contributed by atoms with van der Waals surface area (Å²) in [6, 6.07) is 16.1. The van der Waals surface area contributed by atoms with E-state index in [0.29, 0.717) is 31.6 Å². The second-order valence-corrected chi connectivity index (χ2v) is 10.0. The number of carbonyl (C=O) groups is 2. The lowest BCUT2D eigenvalue weighted by atomic mass is 10.1. The molecule has 0 aliphatic carbocycles. The molecule has 2 aromatic carbocycles. The van der Waals surface area contributed by atoms with E-state index >= 15 is 0 Å². The fraction of sp³-hybridized carbons (Fsp3) is 0.440. The average Bonchev–Trinajstić information content (AvgIpc) is 2.79. The maximum atomic E-state index is 13.5. The molecule has 0 saturated carbocycles. The van der Waals surface area contributed by atoms with Crippen LogP contribution < -0.4 is 9.62 Å². The van der Waals surface area contributed by atoms with Crippen molar-refractivity contribution in [3.05, 3.63) is 65.7 Å². The highest BCUT2D eigenvalue weighted by Gasteiger charge is 2.31. The maximum absolute atomic E-state index is 13.5. The molecule has 0 fully saturated rings. The summed E-state index contributed by atoms with van der Waals surface area (Å²) in [6.07, 6.45) is 2.87. The predicted molar refractivity (Wildman–Crippen MR) is 133 cm³/mol. The Morgan fingerprint density at radius 2 is 1.64 bits per heavy atom. The molecular weight excluding hydrogens is 438 g/mol. The number of hydrogen-bond donors (Lipinski definition) is 1. The van der Waals surface area contributed by atoms with Gasteiger partial charge in [-0.2, -0.15) is 0 Å². The largest absolute Gasteiger partial charge is 0.354 e. The Labute approximate surface area is 197 Å². The van der Waals surface area contributed by atoms with Crippen molar-refractivity contribution >= 4 is 27.5 Å². The zero-order chi connectivity index (χ0) is 24.4. The summed E-state index contributed by atoms with van der Waals surface area (Å²) in [5.74, 6) is -0.624. The maximum Gasteiger partial charge on any atom is 0.244 e. The van der Waals surface area contributed by atoms with E-state index in [2.05, 4.69) is 5.32 Å². The van der Waals surface area contributed by atoms with Crippen LogP contribution in [-0.2, 0) is 26.0 Å². The Kier molecular flexibility index (Phi) is 9.91. The molecule has 0 aliphatic heterocycles. The highest BCUT2D eigenvalue weighted by Crippen LogP contribution is 2.22. The molecular formula is C25H35N3O4S. The van der Waals surface area contributed by atoms with E-state index in [4.69, 9.17) is 0 Å². The van der Waals surface area contributed by atoms with Crippen molar-refractivity contribution in [2.75, 3.05) is 30.2 Å². The number of aryl methyl sites for hydroxylation is 1. The molecule has 1 N–H and O–H groups in total. The van der Waals surface area contributed by atoms with Gasteiger partial charge in [-0.1, -0.05) is 62.4 Å². The summed E-state index contributed by atoms with van der Waals surface area (Å²) in [5.41, 5.74) is 2.25. The van der Waals surface area contributed by atoms with Gasteiger partial charge in [0.1, 0.15) is 12.6 Å². The van der Waals surface area contributed by atoms with E-state index in [-0.39, 0.29) is 12.5 Å². The highest BCUT2D eigenvalue weighted by molar-refractivity contribution is 7.92. The third-order valence-corrected chi connectivity index (χ3v) is 6.61. The monoisotopic (exact) mass is 473 g/mol. The van der Waals surface area contributed by atoms with Crippen molar-refractivity contribution in [3.8, 4) is 0 Å². The minimum Gasteiger partial charge on any atom is -0.354 e. The van der Waals surface area contributed by atoms with E-state index < -0.39 is 22.0 Å². The van der Waals surface area contributed by atoms with Gasteiger partial charge in [0.05, 0.1) is 11.9 Å². The van der Waals surface area contributed by atoms with Crippen molar-refractivity contribution in [2.24, 2.45) is 0 Å². The summed E-state index contributed by atoms with van der Waals surface area (Å²) in [7, 11) is -3.72. The van der Waals surface area contributed by atoms with Gasteiger partial charge in [-0.3, -0.25) is 13.9 Å². The summed E-state index contributed by atoms with van der Waals surface area (Å²) in [5, 5.41) is 2.88. The van der Waals surface area contributed by atoms with Gasteiger partial charge < -0.3 is 10.2 Å². The van der Waals surface area contributed by atoms with Gasteiger partial charge in [-0.15, -0.1) is 0 Å². The summed E-state index contributed by atoms with van der Waals surface area (Å²) in [4.78, 5) is 27.9. The third kappa shape index (κ3) is 7.60. The zero-order valence-corrected chi connectivity index (χ0v) is 20.8. The minimum atomic E-state index is -3.72. The van der Waals surface area contributed by atoms with Crippen LogP contribution in [0.4, 0.5) is 5.69 Å². The van der Waals surface area contributed by atoms with E-state index in [0.717, 1.165) is 28.1 Å². The Morgan fingerprint density at radius 1 is 1.00 bits per heavy atom. The Hall–Kier alpha value is -2.87. The van der Waals surface area contributed by atoms with Crippen LogP contribution >= 0.6 is 0 Å². The molecule has 0 unspecified atom stereocenters. The Balaban J connectivity index is 2.35. The number of sulfonamides is 1. The van der Waals surface area contributed by atoms with Gasteiger partial charge in [0, 0.05) is 13.1 Å². The van der Waals surface area contributed by atoms with E-state index in [1.54, 1.807) is 25.1 Å². The lowest BCUT2D eigenvalue weighted by Gasteiger charge is -2.33. The van der Waals surface area contributed by atoms with Gasteiger partial charge in [0.15, 0.2) is 0 Å². The second kappa shape index (κ2) is 12.4. The first kappa shape index (κ1) is 26.4. The number of para-hydroxylation sites is 1. The van der Waals surface area contributed by atoms with Crippen LogP contribution in [0.1, 0.15) is 37.8 Å². The van der Waals surface area contributed by atoms with Crippen molar-refractivity contribution in [3.63, 3.8) is 0 Å². The van der Waals surface area contributed by atoms with Crippen molar-refractivity contribution < 1.29 is 18.0 Å². The van der Waals surface area contributed by atoms with Gasteiger partial charge >= 0.3 is 0 Å². The highest BCUT2D eigenvalue weighted by atomic mass is 32.2. The van der Waals surface area contributed by atoms with E-state index in [9.17, 15) is 18.0 Å². The van der Waals surface area contributed by atoms with Crippen LogP contribution in [0.15, 0.2) is 54.6 Å². The van der Waals surface area contributed by atoms with Crippen molar-refractivity contribution in [1.29, 1.82) is 0 Å². The molecule has 0 aromatic heterocycles. The van der Waals surface area contributed by atoms with Crippen LogP contribution in [0, 0.1) is 6.92 Å². The van der Waals surface area contributed by atoms with Gasteiger partial charge in [0.2, 0.25) is 21.8 Å². The lowest BCUT2D eigenvalue weighted by molar-refractivity contribution is -0.139. The van der Waals surface area contributed by atoms with Crippen molar-refractivity contribution in [1.82, 2.24) is 10.2 Å². The smallest absolute Gasteiger partial charge is 0.244 e. The average molecular weight is 474 g/mol. The normalized spacial score (nSPS) is 12.1. The number of benzene rings is 2. The van der Waals surface area contributed by atoms with Gasteiger partial charge in [-0.05, 0) is 43.4 Å². The fourth-order valence-corrected chi connectivity index (χ4v) is 4.61. The Bertz CT molecular complexity index is 1020. The number of nitrogens with one attached hydrogen (secondary N) is 1. The molecule has 2 rings (SSSR count). The van der Waals surface area contributed by atoms with Gasteiger partial charge in [-0.25, -0.2) is 8.42 Å². The number of anilines is 1. The standard InChI is InChI=1S/C25H35N3O4S/c1-5-17-26-25(30)22(6-2)27(18-16-21-13-8-7-9-14-21)24(29)19-28(33(4,31)32)23-15-11-10-12-20(23)3/h7-15,22H,5-6,16-19H2,1-4H3,(H,26,30)/t22-/m1/s1. The molecule has 2 aromatic rings. The number of nitrogens with zero attached hydrogens (tertiary/aromatic N) is 2. The van der Waals surface area contributed by atoms with Gasteiger partial charge in [0.25, 0.3) is 0 Å². The molecule has 2 amide bonds. The SMILES string of the molecule is CCCNC(=O)[C@@H](CC)N(CCc1ccccc1)C(=O)CN(c1ccccc1C)S(C)(=O)=O. The molecule has 0 saturated heterocycles. The molecule has 0 aliphatic rings. The molecule has 0 bridgehead atoms. The lowest BCUT2D eigenvalue weighted by Crippen LogP contribution is -2.53. The fourth-order valence-electron chi connectivity index (χ4n) is 3.70. The second-order valence-electron chi connectivity index (χ2n) is 8.09. The molecule has 0 heterocycles. The summed E-state index contributed by atoms with van der Waals surface area (Å²) < 4.78 is 26.3. The summed E-state index contributed by atoms with van der Waals surface area (Å²) in [6.45, 7) is 6.09. The third-order valence-electron chi connectivity index (χ3n) is 5.48. The number of hydrogen-bond acceptors (Lipinski definition) is 4. The van der Waals surface area contributed by atoms with E-state index in [1.807, 2.05) is 50.2 Å². The van der Waals surface area contributed by atoms with E-state index in [1.165, 1.54) is 4.90 Å². The quantitative estimate of drug-likeness (QED) is 0.513. The zero-order valence-electron chi connectivity index (χ0n) is 20.0. The molecule has 7 nitrogen and oxygen atoms in total. The molecule has 180 valence electrons. The van der Waals surface area contributed by atoms with Crippen LogP contribution in [0.2, 0.25) is 0 Å². The molecule has 33 heavy (non-hydrogen) atoms. The first-order valence-electron chi connectivity index (χ1n) is 11.3. The van der Waals surface area contributed by atoms with Crippen LogP contribution in [0.5, 0.6) is 0 Å². The predicted octanol–water partition coefficient (Wildman–Crippen LogP) is 3.14. The molecule has 0 spiro atoms. The molecule has 8 heteroatoms. The van der Waals surface area contributed by atoms with Crippen LogP contribution in [0.25, 0.3) is 0 Å². The van der Waals surface area contributed by atoms with Crippen LogP contribution in [-0.4, -0.2) is 57.1 Å². The topological polar surface area (TPSA) is 86.8 Å². The van der Waals surface area contributed by atoms with Crippen LogP contribution in [0.3, 0.4) is 0 Å². The number of amides is 2. The Morgan fingerprint density at radius 3 is 2.21 bits per heavy atom. The first-order chi connectivity index (χ1) is 15.7. The minimum absolute atomic E-state index is 0.220. The van der Waals surface area contributed by atoms with Crippen molar-refractivity contribution in [2.45, 2.75) is 46.1 Å². The number of carbonyl (C=O) groups excluding carboxylic acids is 2. The first-order valence-corrected chi connectivity index (χ1v) is 13.2. The number of rotatable bonds is 12. The molecule has 0 radical (unpaired) electrons. The summed E-state index contributed by atoms with van der Waals surface area (Å²) >= 11 is 0. The molecule has 1 atom stereocenters.